The highest BCUT2D eigenvalue weighted by molar-refractivity contribution is 5.92. The summed E-state index contributed by atoms with van der Waals surface area (Å²) in [5.74, 6) is -0.382. The van der Waals surface area contributed by atoms with Gasteiger partial charge in [-0.2, -0.15) is 5.10 Å². The minimum Gasteiger partial charge on any atom is -0.265 e. The summed E-state index contributed by atoms with van der Waals surface area (Å²) < 4.78 is 0. The van der Waals surface area contributed by atoms with Gasteiger partial charge in [0.25, 0.3) is 5.91 Å². The van der Waals surface area contributed by atoms with Crippen molar-refractivity contribution in [1.82, 2.24) is 15.4 Å². The van der Waals surface area contributed by atoms with E-state index in [0.29, 0.717) is 0 Å². The lowest BCUT2D eigenvalue weighted by atomic mass is 10.2. The average molecular weight is 240 g/mol. The number of nitrogens with zero attached hydrogens (tertiary/aromatic N) is 3. The summed E-state index contributed by atoms with van der Waals surface area (Å²) in [7, 11) is 0. The molecule has 5 nitrogen and oxygen atoms in total. The Balaban J connectivity index is 1.98. The molecule has 90 valence electrons. The molecule has 0 aliphatic rings. The molecule has 2 aromatic rings. The molecule has 1 heterocycles. The van der Waals surface area contributed by atoms with Gasteiger partial charge in [0.2, 0.25) is 0 Å². The lowest BCUT2D eigenvalue weighted by Gasteiger charge is -1.98. The minimum atomic E-state index is -0.382. The number of amides is 1. The summed E-state index contributed by atoms with van der Waals surface area (Å²) >= 11 is 0. The summed E-state index contributed by atoms with van der Waals surface area (Å²) in [6.07, 6.45) is 5.94. The van der Waals surface area contributed by atoms with E-state index in [4.69, 9.17) is 0 Å². The fraction of sp³-hybridized carbons (Fsp3) is 0.0769. The summed E-state index contributed by atoms with van der Waals surface area (Å²) in [4.78, 5) is 19.3. The van der Waals surface area contributed by atoms with Crippen LogP contribution in [-0.2, 0) is 0 Å². The highest BCUT2D eigenvalue weighted by Gasteiger charge is 2.04. The maximum atomic E-state index is 11.6. The number of hydrogen-bond donors (Lipinski definition) is 1. The lowest BCUT2D eigenvalue weighted by Crippen LogP contribution is -2.19. The molecule has 1 amide bonds. The van der Waals surface area contributed by atoms with Crippen molar-refractivity contribution in [3.05, 3.63) is 59.7 Å². The van der Waals surface area contributed by atoms with Crippen molar-refractivity contribution in [1.29, 1.82) is 0 Å². The molecular formula is C13H12N4O. The number of carbonyl (C=O) groups excluding carboxylic acids is 1. The van der Waals surface area contributed by atoms with Gasteiger partial charge in [-0.25, -0.2) is 10.4 Å². The topological polar surface area (TPSA) is 67.2 Å². The molecule has 0 saturated carbocycles. The van der Waals surface area contributed by atoms with E-state index < -0.39 is 0 Å². The van der Waals surface area contributed by atoms with Gasteiger partial charge >= 0.3 is 0 Å². The minimum absolute atomic E-state index is 0.235. The van der Waals surface area contributed by atoms with Gasteiger partial charge in [-0.3, -0.25) is 9.78 Å². The van der Waals surface area contributed by atoms with E-state index in [1.54, 1.807) is 6.21 Å². The van der Waals surface area contributed by atoms with Crippen LogP contribution in [0.4, 0.5) is 0 Å². The van der Waals surface area contributed by atoms with Crippen LogP contribution in [0.3, 0.4) is 0 Å². The number of aromatic nitrogens is 2. The van der Waals surface area contributed by atoms with Crippen molar-refractivity contribution in [2.24, 2.45) is 5.10 Å². The van der Waals surface area contributed by atoms with Crippen LogP contribution in [0.1, 0.15) is 21.6 Å². The number of hydrogen-bond acceptors (Lipinski definition) is 4. The molecule has 0 aliphatic heterocycles. The van der Waals surface area contributed by atoms with Crippen molar-refractivity contribution in [3.8, 4) is 0 Å². The van der Waals surface area contributed by atoms with E-state index in [1.165, 1.54) is 18.6 Å². The van der Waals surface area contributed by atoms with E-state index in [2.05, 4.69) is 20.5 Å². The summed E-state index contributed by atoms with van der Waals surface area (Å²) in [6, 6.07) is 7.81. The van der Waals surface area contributed by atoms with Gasteiger partial charge < -0.3 is 0 Å². The number of rotatable bonds is 3. The van der Waals surface area contributed by atoms with Crippen molar-refractivity contribution < 1.29 is 4.79 Å². The van der Waals surface area contributed by atoms with E-state index in [-0.39, 0.29) is 11.6 Å². The van der Waals surface area contributed by atoms with Gasteiger partial charge in [-0.15, -0.1) is 0 Å². The number of benzene rings is 1. The Hall–Kier alpha value is -2.56. The molecule has 0 spiro atoms. The van der Waals surface area contributed by atoms with Gasteiger partial charge in [0.05, 0.1) is 12.4 Å². The van der Waals surface area contributed by atoms with Gasteiger partial charge in [0.15, 0.2) is 0 Å². The van der Waals surface area contributed by atoms with Gasteiger partial charge in [-0.05, 0) is 12.5 Å². The molecule has 1 N–H and O–H groups in total. The Labute approximate surface area is 105 Å². The molecule has 0 aliphatic carbocycles. The van der Waals surface area contributed by atoms with Crippen LogP contribution in [0.25, 0.3) is 0 Å². The molecule has 1 aromatic heterocycles. The van der Waals surface area contributed by atoms with E-state index >= 15 is 0 Å². The Morgan fingerprint density at radius 2 is 2.28 bits per heavy atom. The number of nitrogens with one attached hydrogen (secondary N) is 1. The smallest absolute Gasteiger partial charge is 0.265 e. The second-order valence-corrected chi connectivity index (χ2v) is 3.70. The van der Waals surface area contributed by atoms with Crippen LogP contribution in [0.5, 0.6) is 0 Å². The van der Waals surface area contributed by atoms with Crippen LogP contribution in [0.15, 0.2) is 48.0 Å². The lowest BCUT2D eigenvalue weighted by molar-refractivity contribution is 0.0950. The number of carbonyl (C=O) groups is 1. The van der Waals surface area contributed by atoms with Crippen LogP contribution in [0, 0.1) is 6.92 Å². The predicted octanol–water partition coefficient (Wildman–Crippen LogP) is 1.55. The normalized spacial score (nSPS) is 10.5. The van der Waals surface area contributed by atoms with E-state index in [9.17, 15) is 4.79 Å². The maximum Gasteiger partial charge on any atom is 0.291 e. The molecule has 18 heavy (non-hydrogen) atoms. The SMILES string of the molecule is Cc1cccc(/C=N/NC(=O)c2cnccn2)c1. The predicted molar refractivity (Wildman–Crippen MR) is 68.3 cm³/mol. The van der Waals surface area contributed by atoms with Crippen molar-refractivity contribution in [2.45, 2.75) is 6.92 Å². The van der Waals surface area contributed by atoms with Crippen LogP contribution >= 0.6 is 0 Å². The molecule has 0 unspecified atom stereocenters. The molecule has 0 saturated heterocycles. The monoisotopic (exact) mass is 240 g/mol. The third-order valence-corrected chi connectivity index (χ3v) is 2.22. The first-order valence-electron chi connectivity index (χ1n) is 5.42. The zero-order chi connectivity index (χ0) is 12.8. The Bertz CT molecular complexity index is 566. The van der Waals surface area contributed by atoms with Crippen LogP contribution in [-0.4, -0.2) is 22.1 Å². The average Bonchev–Trinajstić information content (AvgIpc) is 2.40. The van der Waals surface area contributed by atoms with Crippen LogP contribution in [0.2, 0.25) is 0 Å². The Morgan fingerprint density at radius 3 is 3.00 bits per heavy atom. The molecule has 0 bridgehead atoms. The van der Waals surface area contributed by atoms with Gasteiger partial charge in [0, 0.05) is 12.4 Å². The summed E-state index contributed by atoms with van der Waals surface area (Å²) in [6.45, 7) is 2.00. The number of hydrazone groups is 1. The van der Waals surface area contributed by atoms with Gasteiger partial charge in [0.1, 0.15) is 5.69 Å². The highest BCUT2D eigenvalue weighted by atomic mass is 16.2. The second kappa shape index (κ2) is 5.67. The second-order valence-electron chi connectivity index (χ2n) is 3.70. The molecule has 5 heteroatoms. The zero-order valence-corrected chi connectivity index (χ0v) is 9.87. The standard InChI is InChI=1S/C13H12N4O/c1-10-3-2-4-11(7-10)8-16-17-13(18)12-9-14-5-6-15-12/h2-9H,1H3,(H,17,18)/b16-8+. The van der Waals surface area contributed by atoms with E-state index in [1.807, 2.05) is 31.2 Å². The summed E-state index contributed by atoms with van der Waals surface area (Å²) in [5.41, 5.74) is 4.69. The fourth-order valence-electron chi connectivity index (χ4n) is 1.39. The zero-order valence-electron chi connectivity index (χ0n) is 9.87. The molecule has 0 fully saturated rings. The highest BCUT2D eigenvalue weighted by Crippen LogP contribution is 2.00. The molecule has 2 rings (SSSR count). The van der Waals surface area contributed by atoms with Crippen molar-refractivity contribution in [2.75, 3.05) is 0 Å². The third-order valence-electron chi connectivity index (χ3n) is 2.22. The third kappa shape index (κ3) is 3.21. The molecule has 0 atom stereocenters. The van der Waals surface area contributed by atoms with Crippen molar-refractivity contribution in [3.63, 3.8) is 0 Å². The first kappa shape index (κ1) is 11.9. The van der Waals surface area contributed by atoms with Crippen molar-refractivity contribution >= 4 is 12.1 Å². The van der Waals surface area contributed by atoms with Crippen LogP contribution < -0.4 is 5.43 Å². The summed E-state index contributed by atoms with van der Waals surface area (Å²) in [5, 5.41) is 3.87. The van der Waals surface area contributed by atoms with E-state index in [0.717, 1.165) is 11.1 Å². The Morgan fingerprint density at radius 1 is 1.39 bits per heavy atom. The molecule has 1 aromatic carbocycles. The first-order chi connectivity index (χ1) is 8.75. The fourth-order valence-corrected chi connectivity index (χ4v) is 1.39. The molecular weight excluding hydrogens is 228 g/mol. The largest absolute Gasteiger partial charge is 0.291 e. The van der Waals surface area contributed by atoms with Gasteiger partial charge in [-0.1, -0.05) is 29.8 Å². The quantitative estimate of drug-likeness (QED) is 0.653. The molecule has 0 radical (unpaired) electrons. The maximum absolute atomic E-state index is 11.6. The first-order valence-corrected chi connectivity index (χ1v) is 5.42. The Kier molecular flexibility index (Phi) is 3.76. The number of aryl methyl sites for hydroxylation is 1.